The van der Waals surface area contributed by atoms with E-state index in [9.17, 15) is 10.1 Å². The summed E-state index contributed by atoms with van der Waals surface area (Å²) >= 11 is 0. The molecule has 2 aromatic heterocycles. The highest BCUT2D eigenvalue weighted by Crippen LogP contribution is 2.32. The molecule has 0 bridgehead atoms. The van der Waals surface area contributed by atoms with Gasteiger partial charge in [0.05, 0.1) is 4.92 Å². The number of nitro groups is 1. The lowest BCUT2D eigenvalue weighted by Gasteiger charge is -1.96. The lowest BCUT2D eigenvalue weighted by atomic mass is 10.1. The van der Waals surface area contributed by atoms with Gasteiger partial charge >= 0.3 is 0 Å². The van der Waals surface area contributed by atoms with E-state index in [-0.39, 0.29) is 10.6 Å². The number of nitro benzene ring substituents is 1. The first-order valence-corrected chi connectivity index (χ1v) is 5.53. The van der Waals surface area contributed by atoms with Crippen LogP contribution in [-0.4, -0.2) is 14.5 Å². The molecule has 0 atom stereocenters. The maximum atomic E-state index is 10.8. The SMILES string of the molecule is Cn1cc(-c2cc[nH]c2)c2cc([N+](=O)[O-])ccc21. The van der Waals surface area contributed by atoms with Crippen molar-refractivity contribution in [1.82, 2.24) is 9.55 Å². The van der Waals surface area contributed by atoms with Gasteiger partial charge in [0, 0.05) is 59.8 Å². The summed E-state index contributed by atoms with van der Waals surface area (Å²) in [4.78, 5) is 13.5. The van der Waals surface area contributed by atoms with Gasteiger partial charge in [0.2, 0.25) is 0 Å². The van der Waals surface area contributed by atoms with Crippen LogP contribution in [0.5, 0.6) is 0 Å². The molecule has 0 aliphatic carbocycles. The van der Waals surface area contributed by atoms with E-state index in [1.165, 1.54) is 6.07 Å². The molecule has 2 heterocycles. The molecular formula is C13H11N3O2. The largest absolute Gasteiger partial charge is 0.367 e. The van der Waals surface area contributed by atoms with Crippen LogP contribution in [0, 0.1) is 10.1 Å². The molecule has 0 radical (unpaired) electrons. The first kappa shape index (κ1) is 10.6. The fourth-order valence-corrected chi connectivity index (χ4v) is 2.22. The third kappa shape index (κ3) is 1.48. The molecule has 0 saturated heterocycles. The van der Waals surface area contributed by atoms with E-state index in [1.807, 2.05) is 36.3 Å². The lowest BCUT2D eigenvalue weighted by Crippen LogP contribution is -1.88. The van der Waals surface area contributed by atoms with Crippen molar-refractivity contribution in [2.45, 2.75) is 0 Å². The van der Waals surface area contributed by atoms with Crippen LogP contribution in [0.2, 0.25) is 0 Å². The molecule has 0 fully saturated rings. The predicted molar refractivity (Wildman–Crippen MR) is 69.4 cm³/mol. The Balaban J connectivity index is 2.32. The normalized spacial score (nSPS) is 10.9. The first-order chi connectivity index (χ1) is 8.66. The Labute approximate surface area is 103 Å². The monoisotopic (exact) mass is 241 g/mol. The standard InChI is InChI=1S/C13H11N3O2/c1-15-8-12(9-4-5-14-7-9)11-6-10(16(17)18)2-3-13(11)15/h2-8,14H,1H3. The zero-order valence-corrected chi connectivity index (χ0v) is 9.75. The zero-order valence-electron chi connectivity index (χ0n) is 9.75. The van der Waals surface area contributed by atoms with E-state index >= 15 is 0 Å². The van der Waals surface area contributed by atoms with Crippen LogP contribution in [0.15, 0.2) is 42.9 Å². The van der Waals surface area contributed by atoms with Crippen molar-refractivity contribution in [1.29, 1.82) is 0 Å². The number of nitrogens with zero attached hydrogens (tertiary/aromatic N) is 2. The molecule has 0 saturated carbocycles. The molecule has 90 valence electrons. The minimum absolute atomic E-state index is 0.116. The van der Waals surface area contributed by atoms with Crippen molar-refractivity contribution < 1.29 is 4.92 Å². The van der Waals surface area contributed by atoms with Crippen LogP contribution < -0.4 is 0 Å². The minimum Gasteiger partial charge on any atom is -0.367 e. The smallest absolute Gasteiger partial charge is 0.270 e. The van der Waals surface area contributed by atoms with Gasteiger partial charge in [-0.25, -0.2) is 0 Å². The fraction of sp³-hybridized carbons (Fsp3) is 0.0769. The Bertz CT molecular complexity index is 726. The third-order valence-corrected chi connectivity index (χ3v) is 3.09. The van der Waals surface area contributed by atoms with Crippen molar-refractivity contribution in [3.8, 4) is 11.1 Å². The molecule has 0 unspecified atom stereocenters. The maximum absolute atomic E-state index is 10.8. The van der Waals surface area contributed by atoms with Crippen molar-refractivity contribution >= 4 is 16.6 Å². The van der Waals surface area contributed by atoms with Crippen molar-refractivity contribution in [3.05, 3.63) is 53.0 Å². The molecule has 0 aliphatic heterocycles. The van der Waals surface area contributed by atoms with E-state index in [2.05, 4.69) is 4.98 Å². The molecule has 5 heteroatoms. The Hall–Kier alpha value is -2.56. The summed E-state index contributed by atoms with van der Waals surface area (Å²) in [7, 11) is 1.93. The van der Waals surface area contributed by atoms with Gasteiger partial charge < -0.3 is 9.55 Å². The predicted octanol–water partition coefficient (Wildman–Crippen LogP) is 3.08. The highest BCUT2D eigenvalue weighted by atomic mass is 16.6. The number of nitrogens with one attached hydrogen (secondary N) is 1. The van der Waals surface area contributed by atoms with E-state index in [0.29, 0.717) is 0 Å². The second kappa shape index (κ2) is 3.73. The molecule has 0 aliphatic rings. The number of non-ortho nitro benzene ring substituents is 1. The van der Waals surface area contributed by atoms with Gasteiger partial charge in [-0.1, -0.05) is 0 Å². The molecule has 1 N–H and O–H groups in total. The lowest BCUT2D eigenvalue weighted by molar-refractivity contribution is -0.384. The number of aryl methyl sites for hydroxylation is 1. The fourth-order valence-electron chi connectivity index (χ4n) is 2.22. The highest BCUT2D eigenvalue weighted by Gasteiger charge is 2.13. The van der Waals surface area contributed by atoms with Crippen LogP contribution >= 0.6 is 0 Å². The summed E-state index contributed by atoms with van der Waals surface area (Å²) in [5, 5.41) is 11.7. The van der Waals surface area contributed by atoms with Gasteiger partial charge in [-0.15, -0.1) is 0 Å². The van der Waals surface area contributed by atoms with Crippen LogP contribution in [-0.2, 0) is 7.05 Å². The Morgan fingerprint density at radius 3 is 2.83 bits per heavy atom. The summed E-state index contributed by atoms with van der Waals surface area (Å²) in [5.74, 6) is 0. The number of H-pyrrole nitrogens is 1. The van der Waals surface area contributed by atoms with Gasteiger partial charge in [0.1, 0.15) is 0 Å². The van der Waals surface area contributed by atoms with Crippen LogP contribution in [0.4, 0.5) is 5.69 Å². The van der Waals surface area contributed by atoms with Gasteiger partial charge in [0.25, 0.3) is 5.69 Å². The Morgan fingerprint density at radius 2 is 2.17 bits per heavy atom. The summed E-state index contributed by atoms with van der Waals surface area (Å²) in [6.45, 7) is 0. The van der Waals surface area contributed by atoms with Crippen LogP contribution in [0.3, 0.4) is 0 Å². The summed E-state index contributed by atoms with van der Waals surface area (Å²) in [6.07, 6.45) is 5.71. The topological polar surface area (TPSA) is 63.9 Å². The molecule has 5 nitrogen and oxygen atoms in total. The van der Waals surface area contributed by atoms with Crippen LogP contribution in [0.1, 0.15) is 0 Å². The van der Waals surface area contributed by atoms with E-state index in [1.54, 1.807) is 12.1 Å². The Morgan fingerprint density at radius 1 is 1.33 bits per heavy atom. The molecule has 1 aromatic carbocycles. The number of hydrogen-bond acceptors (Lipinski definition) is 2. The quantitative estimate of drug-likeness (QED) is 0.553. The second-order valence-corrected chi connectivity index (χ2v) is 4.21. The number of hydrogen-bond donors (Lipinski definition) is 1. The molecular weight excluding hydrogens is 230 g/mol. The number of fused-ring (bicyclic) bond motifs is 1. The number of benzene rings is 1. The van der Waals surface area contributed by atoms with E-state index in [0.717, 1.165) is 22.0 Å². The third-order valence-electron chi connectivity index (χ3n) is 3.09. The zero-order chi connectivity index (χ0) is 12.7. The first-order valence-electron chi connectivity index (χ1n) is 5.53. The molecule has 18 heavy (non-hydrogen) atoms. The maximum Gasteiger partial charge on any atom is 0.270 e. The molecule has 0 spiro atoms. The van der Waals surface area contributed by atoms with E-state index in [4.69, 9.17) is 0 Å². The molecule has 3 rings (SSSR count). The summed E-state index contributed by atoms with van der Waals surface area (Å²) in [5.41, 5.74) is 3.13. The van der Waals surface area contributed by atoms with Crippen molar-refractivity contribution in [2.75, 3.05) is 0 Å². The minimum atomic E-state index is -0.368. The number of aromatic nitrogens is 2. The van der Waals surface area contributed by atoms with E-state index < -0.39 is 0 Å². The summed E-state index contributed by atoms with van der Waals surface area (Å²) in [6, 6.07) is 6.89. The van der Waals surface area contributed by atoms with Gasteiger partial charge in [-0.3, -0.25) is 10.1 Å². The number of rotatable bonds is 2. The molecule has 3 aromatic rings. The van der Waals surface area contributed by atoms with Crippen LogP contribution in [0.25, 0.3) is 22.0 Å². The van der Waals surface area contributed by atoms with Crippen molar-refractivity contribution in [2.24, 2.45) is 7.05 Å². The average Bonchev–Trinajstić information content (AvgIpc) is 2.97. The second-order valence-electron chi connectivity index (χ2n) is 4.21. The molecule has 0 amide bonds. The van der Waals surface area contributed by atoms with Crippen molar-refractivity contribution in [3.63, 3.8) is 0 Å². The Kier molecular flexibility index (Phi) is 2.19. The van der Waals surface area contributed by atoms with Gasteiger partial charge in [0.15, 0.2) is 0 Å². The number of aromatic amines is 1. The highest BCUT2D eigenvalue weighted by molar-refractivity contribution is 5.97. The summed E-state index contributed by atoms with van der Waals surface area (Å²) < 4.78 is 1.97. The van der Waals surface area contributed by atoms with Gasteiger partial charge in [-0.05, 0) is 12.1 Å². The average molecular weight is 241 g/mol. The van der Waals surface area contributed by atoms with Gasteiger partial charge in [-0.2, -0.15) is 0 Å².